The Balaban J connectivity index is 2.12. The summed E-state index contributed by atoms with van der Waals surface area (Å²) >= 11 is 0. The Hall–Kier alpha value is -0.350. The third-order valence-corrected chi connectivity index (χ3v) is 4.69. The van der Waals surface area contributed by atoms with Gasteiger partial charge < -0.3 is 0 Å². The molecule has 1 saturated carbocycles. The van der Waals surface area contributed by atoms with Gasteiger partial charge in [-0.25, -0.2) is 8.42 Å². The molecule has 0 saturated heterocycles. The third-order valence-electron chi connectivity index (χ3n) is 2.33. The van der Waals surface area contributed by atoms with Crippen LogP contribution in [0.25, 0.3) is 0 Å². The van der Waals surface area contributed by atoms with Gasteiger partial charge in [0.1, 0.15) is 0 Å². The van der Waals surface area contributed by atoms with E-state index in [9.17, 15) is 8.42 Å². The Kier molecular flexibility index (Phi) is 1.96. The van der Waals surface area contributed by atoms with Crippen LogP contribution in [0.4, 0.5) is 0 Å². The number of sulfonamides is 1. The molecule has 4 heteroatoms. The molecule has 1 heterocycles. The van der Waals surface area contributed by atoms with Crippen molar-refractivity contribution in [1.82, 2.24) is 4.31 Å². The molecule has 0 aromatic heterocycles. The summed E-state index contributed by atoms with van der Waals surface area (Å²) in [6.07, 6.45) is 6.57. The maximum Gasteiger partial charge on any atom is 0.217 e. The first-order valence-corrected chi connectivity index (χ1v) is 5.85. The van der Waals surface area contributed by atoms with E-state index in [1.165, 1.54) is 0 Å². The van der Waals surface area contributed by atoms with Crippen LogP contribution in [0.2, 0.25) is 0 Å². The lowest BCUT2D eigenvalue weighted by Crippen LogP contribution is -2.36. The Morgan fingerprint density at radius 2 is 2.00 bits per heavy atom. The van der Waals surface area contributed by atoms with Gasteiger partial charge in [0.25, 0.3) is 0 Å². The molecular weight excluding hydrogens is 174 g/mol. The molecule has 1 aliphatic carbocycles. The average molecular weight is 187 g/mol. The number of hydrogen-bond acceptors (Lipinski definition) is 2. The van der Waals surface area contributed by atoms with Gasteiger partial charge in [0, 0.05) is 13.1 Å². The van der Waals surface area contributed by atoms with E-state index < -0.39 is 10.0 Å². The molecule has 0 aromatic rings. The standard InChI is InChI=1S/C8H13NO2S/c10-12(11,8-4-5-8)9-6-2-1-3-7-9/h1-2,8H,3-7H2. The van der Waals surface area contributed by atoms with Crippen molar-refractivity contribution in [3.63, 3.8) is 0 Å². The molecule has 2 rings (SSSR count). The molecule has 1 fully saturated rings. The topological polar surface area (TPSA) is 37.4 Å². The Morgan fingerprint density at radius 3 is 2.50 bits per heavy atom. The molecule has 12 heavy (non-hydrogen) atoms. The minimum Gasteiger partial charge on any atom is -0.212 e. The number of hydrogen-bond donors (Lipinski definition) is 0. The van der Waals surface area contributed by atoms with Gasteiger partial charge in [-0.1, -0.05) is 12.2 Å². The van der Waals surface area contributed by atoms with Crippen LogP contribution >= 0.6 is 0 Å². The molecule has 0 amide bonds. The molecule has 0 bridgehead atoms. The quantitative estimate of drug-likeness (QED) is 0.598. The normalized spacial score (nSPS) is 26.0. The van der Waals surface area contributed by atoms with E-state index in [2.05, 4.69) is 0 Å². The van der Waals surface area contributed by atoms with Gasteiger partial charge in [-0.2, -0.15) is 4.31 Å². The summed E-state index contributed by atoms with van der Waals surface area (Å²) in [4.78, 5) is 0. The van der Waals surface area contributed by atoms with Crippen molar-refractivity contribution < 1.29 is 8.42 Å². The molecule has 0 N–H and O–H groups in total. The van der Waals surface area contributed by atoms with Crippen molar-refractivity contribution in [2.75, 3.05) is 13.1 Å². The lowest BCUT2D eigenvalue weighted by atomic mass is 10.3. The predicted octanol–water partition coefficient (Wildman–Crippen LogP) is 0.741. The molecule has 3 nitrogen and oxygen atoms in total. The largest absolute Gasteiger partial charge is 0.217 e. The zero-order valence-electron chi connectivity index (χ0n) is 6.94. The van der Waals surface area contributed by atoms with Crippen molar-refractivity contribution >= 4 is 10.0 Å². The lowest BCUT2D eigenvalue weighted by Gasteiger charge is -2.22. The zero-order chi connectivity index (χ0) is 8.60. The van der Waals surface area contributed by atoms with Gasteiger partial charge >= 0.3 is 0 Å². The summed E-state index contributed by atoms with van der Waals surface area (Å²) in [6.45, 7) is 1.26. The highest BCUT2D eigenvalue weighted by molar-refractivity contribution is 7.90. The summed E-state index contributed by atoms with van der Waals surface area (Å²) in [5.41, 5.74) is 0. The van der Waals surface area contributed by atoms with Gasteiger partial charge in [-0.3, -0.25) is 0 Å². The van der Waals surface area contributed by atoms with E-state index in [4.69, 9.17) is 0 Å². The molecular formula is C8H13NO2S. The summed E-state index contributed by atoms with van der Waals surface area (Å²) in [5, 5.41) is -0.0519. The van der Waals surface area contributed by atoms with Gasteiger partial charge in [-0.15, -0.1) is 0 Å². The third kappa shape index (κ3) is 1.41. The highest BCUT2D eigenvalue weighted by atomic mass is 32.2. The second-order valence-corrected chi connectivity index (χ2v) is 5.58. The van der Waals surface area contributed by atoms with E-state index in [1.807, 2.05) is 12.2 Å². The smallest absolute Gasteiger partial charge is 0.212 e. The van der Waals surface area contributed by atoms with Crippen LogP contribution in [-0.2, 0) is 10.0 Å². The van der Waals surface area contributed by atoms with Crippen LogP contribution < -0.4 is 0 Å². The maximum atomic E-state index is 11.6. The van der Waals surface area contributed by atoms with Crippen molar-refractivity contribution in [2.45, 2.75) is 24.5 Å². The highest BCUT2D eigenvalue weighted by Crippen LogP contribution is 2.31. The summed E-state index contributed by atoms with van der Waals surface area (Å²) in [7, 11) is -2.91. The minimum absolute atomic E-state index is 0.0519. The lowest BCUT2D eigenvalue weighted by molar-refractivity contribution is 0.436. The fourth-order valence-electron chi connectivity index (χ4n) is 1.43. The van der Waals surface area contributed by atoms with Gasteiger partial charge in [0.15, 0.2) is 0 Å². The van der Waals surface area contributed by atoms with Crippen LogP contribution in [0.1, 0.15) is 19.3 Å². The number of rotatable bonds is 2. The first-order valence-electron chi connectivity index (χ1n) is 4.35. The van der Waals surface area contributed by atoms with E-state index in [-0.39, 0.29) is 5.25 Å². The molecule has 0 unspecified atom stereocenters. The molecule has 0 atom stereocenters. The minimum atomic E-state index is -2.91. The molecule has 2 aliphatic rings. The summed E-state index contributed by atoms with van der Waals surface area (Å²) in [5.74, 6) is 0. The monoisotopic (exact) mass is 187 g/mol. The van der Waals surface area contributed by atoms with Crippen molar-refractivity contribution in [1.29, 1.82) is 0 Å². The highest BCUT2D eigenvalue weighted by Gasteiger charge is 2.39. The van der Waals surface area contributed by atoms with Gasteiger partial charge in [0.2, 0.25) is 10.0 Å². The van der Waals surface area contributed by atoms with Crippen LogP contribution in [0.5, 0.6) is 0 Å². The van der Waals surface area contributed by atoms with Crippen molar-refractivity contribution in [2.24, 2.45) is 0 Å². The summed E-state index contributed by atoms with van der Waals surface area (Å²) < 4.78 is 24.9. The van der Waals surface area contributed by atoms with E-state index in [0.717, 1.165) is 19.3 Å². The van der Waals surface area contributed by atoms with Crippen LogP contribution in [-0.4, -0.2) is 31.1 Å². The Bertz CT molecular complexity index is 290. The van der Waals surface area contributed by atoms with Crippen molar-refractivity contribution in [3.05, 3.63) is 12.2 Å². The summed E-state index contributed by atoms with van der Waals surface area (Å²) in [6, 6.07) is 0. The Morgan fingerprint density at radius 1 is 1.25 bits per heavy atom. The molecule has 1 aliphatic heterocycles. The SMILES string of the molecule is O=S(=O)(C1CC1)N1CC=CCC1. The van der Waals surface area contributed by atoms with Gasteiger partial charge in [-0.05, 0) is 19.3 Å². The fraction of sp³-hybridized carbons (Fsp3) is 0.750. The predicted molar refractivity (Wildman–Crippen MR) is 47.3 cm³/mol. The zero-order valence-corrected chi connectivity index (χ0v) is 7.76. The fourth-order valence-corrected chi connectivity index (χ4v) is 3.23. The molecule has 68 valence electrons. The number of nitrogens with zero attached hydrogens (tertiary/aromatic N) is 1. The maximum absolute atomic E-state index is 11.6. The van der Waals surface area contributed by atoms with E-state index in [1.54, 1.807) is 4.31 Å². The van der Waals surface area contributed by atoms with Crippen LogP contribution in [0.15, 0.2) is 12.2 Å². The second kappa shape index (κ2) is 2.85. The molecule has 0 radical (unpaired) electrons. The first-order chi connectivity index (χ1) is 5.71. The van der Waals surface area contributed by atoms with Crippen LogP contribution in [0, 0.1) is 0 Å². The van der Waals surface area contributed by atoms with Gasteiger partial charge in [0.05, 0.1) is 5.25 Å². The second-order valence-electron chi connectivity index (χ2n) is 3.36. The molecule has 0 spiro atoms. The molecule has 0 aromatic carbocycles. The van der Waals surface area contributed by atoms with E-state index in [0.29, 0.717) is 13.1 Å². The van der Waals surface area contributed by atoms with Crippen molar-refractivity contribution in [3.8, 4) is 0 Å². The van der Waals surface area contributed by atoms with Crippen LogP contribution in [0.3, 0.4) is 0 Å². The average Bonchev–Trinajstić information content (AvgIpc) is 2.88. The van der Waals surface area contributed by atoms with E-state index >= 15 is 0 Å². The Labute approximate surface area is 73.1 Å². The first kappa shape index (κ1) is 8.26.